The van der Waals surface area contributed by atoms with E-state index in [9.17, 15) is 0 Å². The van der Waals surface area contributed by atoms with Gasteiger partial charge in [0, 0.05) is 5.88 Å². The van der Waals surface area contributed by atoms with E-state index in [1.54, 1.807) is 0 Å². The van der Waals surface area contributed by atoms with Gasteiger partial charge in [-0.2, -0.15) is 0 Å². The number of hydrogen-bond donors (Lipinski definition) is 0. The molecule has 0 heterocycles. The summed E-state index contributed by atoms with van der Waals surface area (Å²) in [5.41, 5.74) is 1.09. The maximum Gasteiger partial charge on any atom is 0.127 e. The molecule has 0 bridgehead atoms. The lowest BCUT2D eigenvalue weighted by molar-refractivity contribution is 0.482. The minimum Gasteiger partial charge on any atom is -0.457 e. The molecule has 90 valence electrons. The Bertz CT molecular complexity index is 409. The van der Waals surface area contributed by atoms with Crippen LogP contribution >= 0.6 is 11.6 Å². The Hall–Kier alpha value is -1.47. The predicted molar refractivity (Wildman–Crippen MR) is 73.9 cm³/mol. The summed E-state index contributed by atoms with van der Waals surface area (Å²) in [4.78, 5) is 0. The molecule has 0 saturated heterocycles. The third-order valence-electron chi connectivity index (χ3n) is 2.06. The van der Waals surface area contributed by atoms with Crippen molar-refractivity contribution in [3.05, 3.63) is 60.2 Å². The van der Waals surface area contributed by atoms with Crippen LogP contribution in [-0.2, 0) is 5.88 Å². The molecule has 0 aliphatic heterocycles. The molecule has 0 atom stereocenters. The Morgan fingerprint density at radius 1 is 0.824 bits per heavy atom. The van der Waals surface area contributed by atoms with Gasteiger partial charge in [-0.05, 0) is 29.8 Å². The predicted octanol–water partition coefficient (Wildman–Crippen LogP) is 5.24. The van der Waals surface area contributed by atoms with E-state index in [2.05, 4.69) is 0 Å². The molecule has 0 amide bonds. The third kappa shape index (κ3) is 4.49. The lowest BCUT2D eigenvalue weighted by atomic mass is 10.2. The average molecular weight is 249 g/mol. The van der Waals surface area contributed by atoms with Crippen molar-refractivity contribution in [1.82, 2.24) is 0 Å². The van der Waals surface area contributed by atoms with E-state index in [-0.39, 0.29) is 0 Å². The Morgan fingerprint density at radius 3 is 1.88 bits per heavy atom. The maximum absolute atomic E-state index is 5.70. The minimum absolute atomic E-state index is 0.533. The second kappa shape index (κ2) is 7.75. The van der Waals surface area contributed by atoms with Crippen LogP contribution in [0, 0.1) is 0 Å². The summed E-state index contributed by atoms with van der Waals surface area (Å²) in [5.74, 6) is 2.21. The number of alkyl halides is 1. The van der Waals surface area contributed by atoms with Crippen molar-refractivity contribution >= 4 is 11.6 Å². The summed E-state index contributed by atoms with van der Waals surface area (Å²) in [6, 6.07) is 17.5. The quantitative estimate of drug-likeness (QED) is 0.675. The zero-order valence-electron chi connectivity index (χ0n) is 10.2. The highest BCUT2D eigenvalue weighted by Gasteiger charge is 1.96. The van der Waals surface area contributed by atoms with Crippen molar-refractivity contribution in [1.29, 1.82) is 0 Å². The maximum atomic E-state index is 5.70. The van der Waals surface area contributed by atoms with E-state index in [1.807, 2.05) is 68.4 Å². The number of hydrogen-bond acceptors (Lipinski definition) is 1. The molecule has 0 saturated carbocycles. The number of rotatable bonds is 3. The highest BCUT2D eigenvalue weighted by atomic mass is 35.5. The van der Waals surface area contributed by atoms with E-state index in [1.165, 1.54) is 0 Å². The Labute approximate surface area is 108 Å². The first-order valence-corrected chi connectivity index (χ1v) is 6.30. The summed E-state index contributed by atoms with van der Waals surface area (Å²) < 4.78 is 5.63. The van der Waals surface area contributed by atoms with Crippen LogP contribution in [0.3, 0.4) is 0 Å². The van der Waals surface area contributed by atoms with E-state index in [0.717, 1.165) is 17.1 Å². The standard InChI is InChI=1S/C13H11ClO.C2H6/c14-10-11-6-8-13(9-7-11)15-12-4-2-1-3-5-12;1-2/h1-9H,10H2;1-2H3. The highest BCUT2D eigenvalue weighted by Crippen LogP contribution is 2.21. The molecule has 0 fully saturated rings. The van der Waals surface area contributed by atoms with Gasteiger partial charge in [-0.3, -0.25) is 0 Å². The number of benzene rings is 2. The SMILES string of the molecule is CC.ClCc1ccc(Oc2ccccc2)cc1. The van der Waals surface area contributed by atoms with Gasteiger partial charge in [0.1, 0.15) is 11.5 Å². The fourth-order valence-corrected chi connectivity index (χ4v) is 1.45. The van der Waals surface area contributed by atoms with Gasteiger partial charge in [-0.15, -0.1) is 11.6 Å². The van der Waals surface area contributed by atoms with Crippen molar-refractivity contribution in [2.24, 2.45) is 0 Å². The first-order chi connectivity index (χ1) is 8.38. The van der Waals surface area contributed by atoms with E-state index < -0.39 is 0 Å². The first-order valence-electron chi connectivity index (χ1n) is 5.76. The van der Waals surface area contributed by atoms with Gasteiger partial charge in [-0.25, -0.2) is 0 Å². The van der Waals surface area contributed by atoms with E-state index >= 15 is 0 Å². The lowest BCUT2D eigenvalue weighted by Crippen LogP contribution is -1.84. The molecule has 2 heteroatoms. The van der Waals surface area contributed by atoms with Crippen LogP contribution in [0.5, 0.6) is 11.5 Å². The Morgan fingerprint density at radius 2 is 1.35 bits per heavy atom. The number of ether oxygens (including phenoxy) is 1. The molecule has 2 aromatic rings. The van der Waals surface area contributed by atoms with E-state index in [0.29, 0.717) is 5.88 Å². The summed E-state index contributed by atoms with van der Waals surface area (Å²) in [5, 5.41) is 0. The molecule has 0 unspecified atom stereocenters. The summed E-state index contributed by atoms with van der Waals surface area (Å²) in [6.45, 7) is 4.00. The second-order valence-corrected chi connectivity index (χ2v) is 3.46. The van der Waals surface area contributed by atoms with Gasteiger partial charge in [0.2, 0.25) is 0 Å². The number of halogens is 1. The normalized spacial score (nSPS) is 9.12. The molecular weight excluding hydrogens is 232 g/mol. The molecule has 0 N–H and O–H groups in total. The average Bonchev–Trinajstić information content (AvgIpc) is 2.43. The summed E-state index contributed by atoms with van der Waals surface area (Å²) in [7, 11) is 0. The summed E-state index contributed by atoms with van der Waals surface area (Å²) >= 11 is 5.70. The zero-order valence-corrected chi connectivity index (χ0v) is 10.9. The van der Waals surface area contributed by atoms with Crippen molar-refractivity contribution in [3.63, 3.8) is 0 Å². The fraction of sp³-hybridized carbons (Fsp3) is 0.200. The van der Waals surface area contributed by atoms with Crippen LogP contribution in [0.4, 0.5) is 0 Å². The van der Waals surface area contributed by atoms with E-state index in [4.69, 9.17) is 16.3 Å². The van der Waals surface area contributed by atoms with Crippen molar-refractivity contribution < 1.29 is 4.74 Å². The van der Waals surface area contributed by atoms with Gasteiger partial charge >= 0.3 is 0 Å². The molecule has 1 nitrogen and oxygen atoms in total. The van der Waals surface area contributed by atoms with Gasteiger partial charge in [-0.1, -0.05) is 44.2 Å². The van der Waals surface area contributed by atoms with Crippen LogP contribution in [0.1, 0.15) is 19.4 Å². The molecule has 0 aromatic heterocycles. The molecule has 2 rings (SSSR count). The first kappa shape index (κ1) is 13.6. The van der Waals surface area contributed by atoms with Gasteiger partial charge in [0.25, 0.3) is 0 Å². The van der Waals surface area contributed by atoms with Crippen LogP contribution in [0.2, 0.25) is 0 Å². The van der Waals surface area contributed by atoms with Crippen molar-refractivity contribution in [2.75, 3.05) is 0 Å². The second-order valence-electron chi connectivity index (χ2n) is 3.19. The molecular formula is C15H17ClO. The van der Waals surface area contributed by atoms with Gasteiger partial charge < -0.3 is 4.74 Å². The Balaban J connectivity index is 0.000000686. The summed E-state index contributed by atoms with van der Waals surface area (Å²) in [6.07, 6.45) is 0. The van der Waals surface area contributed by atoms with Crippen LogP contribution in [0.15, 0.2) is 54.6 Å². The zero-order chi connectivity index (χ0) is 12.5. The topological polar surface area (TPSA) is 9.23 Å². The fourth-order valence-electron chi connectivity index (χ4n) is 1.27. The van der Waals surface area contributed by atoms with Crippen molar-refractivity contribution in [2.45, 2.75) is 19.7 Å². The molecule has 2 aromatic carbocycles. The van der Waals surface area contributed by atoms with Crippen LogP contribution < -0.4 is 4.74 Å². The Kier molecular flexibility index (Phi) is 6.19. The molecule has 0 aliphatic rings. The van der Waals surface area contributed by atoms with Crippen LogP contribution in [-0.4, -0.2) is 0 Å². The van der Waals surface area contributed by atoms with Crippen LogP contribution in [0.25, 0.3) is 0 Å². The van der Waals surface area contributed by atoms with Crippen molar-refractivity contribution in [3.8, 4) is 11.5 Å². The highest BCUT2D eigenvalue weighted by molar-refractivity contribution is 6.17. The molecule has 17 heavy (non-hydrogen) atoms. The monoisotopic (exact) mass is 248 g/mol. The molecule has 0 spiro atoms. The largest absolute Gasteiger partial charge is 0.457 e. The number of para-hydroxylation sites is 1. The molecule has 0 aliphatic carbocycles. The molecule has 0 radical (unpaired) electrons. The van der Waals surface area contributed by atoms with Gasteiger partial charge in [0.15, 0.2) is 0 Å². The van der Waals surface area contributed by atoms with Gasteiger partial charge in [0.05, 0.1) is 0 Å². The smallest absolute Gasteiger partial charge is 0.127 e. The minimum atomic E-state index is 0.533. The third-order valence-corrected chi connectivity index (χ3v) is 2.37. The lowest BCUT2D eigenvalue weighted by Gasteiger charge is -2.05.